The zero-order chi connectivity index (χ0) is 15.0. The summed E-state index contributed by atoms with van der Waals surface area (Å²) >= 11 is 1.60. The van der Waals surface area contributed by atoms with E-state index >= 15 is 0 Å². The molecule has 1 fully saturated rings. The molecule has 2 aromatic rings. The molecule has 0 radical (unpaired) electrons. The molecule has 5 nitrogen and oxygen atoms in total. The Morgan fingerprint density at radius 2 is 2.29 bits per heavy atom. The minimum atomic E-state index is -0.00997. The number of H-pyrrole nitrogens is 1. The minimum absolute atomic E-state index is 0.00997. The van der Waals surface area contributed by atoms with E-state index in [9.17, 15) is 4.79 Å². The van der Waals surface area contributed by atoms with Crippen LogP contribution in [0.15, 0.2) is 4.79 Å². The molecule has 6 heteroatoms. The number of thiophene rings is 1. The van der Waals surface area contributed by atoms with E-state index in [1.54, 1.807) is 11.3 Å². The molecule has 1 saturated heterocycles. The lowest BCUT2D eigenvalue weighted by atomic mass is 9.98. The Bertz CT molecular complexity index is 705. The molecule has 3 rings (SSSR count). The zero-order valence-corrected chi connectivity index (χ0v) is 13.4. The molecule has 21 heavy (non-hydrogen) atoms. The van der Waals surface area contributed by atoms with Gasteiger partial charge in [-0.2, -0.15) is 0 Å². The number of nitrogens with zero attached hydrogens (tertiary/aromatic N) is 2. The molecular formula is C15H22N4OS. The van der Waals surface area contributed by atoms with Gasteiger partial charge in [-0.15, -0.1) is 11.3 Å². The van der Waals surface area contributed by atoms with E-state index in [2.05, 4.69) is 14.9 Å². The summed E-state index contributed by atoms with van der Waals surface area (Å²) in [5.74, 6) is 1.34. The molecular weight excluding hydrogens is 284 g/mol. The molecule has 114 valence electrons. The first kappa shape index (κ1) is 14.7. The molecule has 0 saturated carbocycles. The van der Waals surface area contributed by atoms with Crippen molar-refractivity contribution in [2.75, 3.05) is 19.6 Å². The van der Waals surface area contributed by atoms with Crippen LogP contribution in [0.5, 0.6) is 0 Å². The zero-order valence-electron chi connectivity index (χ0n) is 12.6. The maximum Gasteiger partial charge on any atom is 0.259 e. The smallest absolute Gasteiger partial charge is 0.259 e. The van der Waals surface area contributed by atoms with Gasteiger partial charge in [-0.1, -0.05) is 0 Å². The van der Waals surface area contributed by atoms with Gasteiger partial charge < -0.3 is 10.7 Å². The second-order valence-electron chi connectivity index (χ2n) is 5.96. The first-order chi connectivity index (χ1) is 10.1. The Morgan fingerprint density at radius 1 is 1.48 bits per heavy atom. The molecule has 0 aliphatic carbocycles. The number of aromatic amines is 1. The molecule has 3 heterocycles. The van der Waals surface area contributed by atoms with Gasteiger partial charge in [0.2, 0.25) is 0 Å². The Balaban J connectivity index is 1.86. The number of hydrogen-bond acceptors (Lipinski definition) is 5. The van der Waals surface area contributed by atoms with E-state index in [0.717, 1.165) is 41.2 Å². The summed E-state index contributed by atoms with van der Waals surface area (Å²) in [6, 6.07) is 0. The van der Waals surface area contributed by atoms with Crippen molar-refractivity contribution in [3.8, 4) is 0 Å². The Kier molecular flexibility index (Phi) is 4.10. The van der Waals surface area contributed by atoms with E-state index in [1.807, 2.05) is 13.8 Å². The Hall–Kier alpha value is -1.24. The molecule has 2 aromatic heterocycles. The molecule has 1 unspecified atom stereocenters. The fourth-order valence-electron chi connectivity index (χ4n) is 3.07. The van der Waals surface area contributed by atoms with E-state index in [1.165, 1.54) is 17.7 Å². The second kappa shape index (κ2) is 5.87. The van der Waals surface area contributed by atoms with Crippen LogP contribution in [0.1, 0.15) is 29.1 Å². The monoisotopic (exact) mass is 306 g/mol. The maximum absolute atomic E-state index is 12.3. The summed E-state index contributed by atoms with van der Waals surface area (Å²) in [6.45, 7) is 7.53. The van der Waals surface area contributed by atoms with Crippen molar-refractivity contribution in [3.05, 3.63) is 26.6 Å². The van der Waals surface area contributed by atoms with Crippen LogP contribution in [-0.2, 0) is 6.54 Å². The third-order valence-electron chi connectivity index (χ3n) is 4.40. The number of rotatable bonds is 3. The van der Waals surface area contributed by atoms with Crippen LogP contribution in [-0.4, -0.2) is 34.5 Å². The van der Waals surface area contributed by atoms with Gasteiger partial charge in [0.1, 0.15) is 10.7 Å². The summed E-state index contributed by atoms with van der Waals surface area (Å²) in [6.07, 6.45) is 2.38. The van der Waals surface area contributed by atoms with E-state index in [-0.39, 0.29) is 5.56 Å². The first-order valence-corrected chi connectivity index (χ1v) is 8.31. The van der Waals surface area contributed by atoms with Gasteiger partial charge in [0.25, 0.3) is 5.56 Å². The van der Waals surface area contributed by atoms with Gasteiger partial charge in [0, 0.05) is 11.4 Å². The van der Waals surface area contributed by atoms with E-state index in [0.29, 0.717) is 12.5 Å². The highest BCUT2D eigenvalue weighted by molar-refractivity contribution is 7.18. The molecule has 0 spiro atoms. The fraction of sp³-hybridized carbons (Fsp3) is 0.600. The van der Waals surface area contributed by atoms with Crippen LogP contribution < -0.4 is 11.3 Å². The largest absolute Gasteiger partial charge is 0.330 e. The second-order valence-corrected chi connectivity index (χ2v) is 7.16. The van der Waals surface area contributed by atoms with Gasteiger partial charge in [-0.25, -0.2) is 4.98 Å². The molecule has 0 bridgehead atoms. The number of hydrogen-bond donors (Lipinski definition) is 2. The summed E-state index contributed by atoms with van der Waals surface area (Å²) < 4.78 is 0. The normalized spacial score (nSPS) is 20.2. The summed E-state index contributed by atoms with van der Waals surface area (Å²) in [5.41, 5.74) is 6.82. The number of piperidine rings is 1. The van der Waals surface area contributed by atoms with Crippen LogP contribution in [0.25, 0.3) is 10.2 Å². The van der Waals surface area contributed by atoms with Gasteiger partial charge in [-0.05, 0) is 51.3 Å². The minimum Gasteiger partial charge on any atom is -0.330 e. The van der Waals surface area contributed by atoms with Crippen LogP contribution >= 0.6 is 11.3 Å². The van der Waals surface area contributed by atoms with Gasteiger partial charge >= 0.3 is 0 Å². The number of likely N-dealkylation sites (tertiary alicyclic amines) is 1. The first-order valence-electron chi connectivity index (χ1n) is 7.49. The predicted molar refractivity (Wildman–Crippen MR) is 86.8 cm³/mol. The molecule has 1 aliphatic heterocycles. The fourth-order valence-corrected chi connectivity index (χ4v) is 4.12. The van der Waals surface area contributed by atoms with Crippen LogP contribution in [0, 0.1) is 19.8 Å². The molecule has 1 atom stereocenters. The number of fused-ring (bicyclic) bond motifs is 1. The Labute approximate surface area is 128 Å². The SMILES string of the molecule is Cc1sc2nc(CN3CCCC(CN)C3)[nH]c(=O)c2c1C. The van der Waals surface area contributed by atoms with Crippen LogP contribution in [0.4, 0.5) is 0 Å². The number of aromatic nitrogens is 2. The van der Waals surface area contributed by atoms with E-state index in [4.69, 9.17) is 5.73 Å². The predicted octanol–water partition coefficient (Wildman–Crippen LogP) is 1.77. The number of nitrogens with two attached hydrogens (primary N) is 1. The lowest BCUT2D eigenvalue weighted by Gasteiger charge is -2.31. The highest BCUT2D eigenvalue weighted by Gasteiger charge is 2.20. The molecule has 1 aliphatic rings. The number of nitrogens with one attached hydrogen (secondary N) is 1. The maximum atomic E-state index is 12.3. The lowest BCUT2D eigenvalue weighted by molar-refractivity contribution is 0.167. The van der Waals surface area contributed by atoms with Crippen molar-refractivity contribution in [1.82, 2.24) is 14.9 Å². The third kappa shape index (κ3) is 2.88. The van der Waals surface area contributed by atoms with Crippen molar-refractivity contribution < 1.29 is 0 Å². The van der Waals surface area contributed by atoms with Gasteiger partial charge in [-0.3, -0.25) is 9.69 Å². The van der Waals surface area contributed by atoms with Crippen molar-refractivity contribution >= 4 is 21.6 Å². The van der Waals surface area contributed by atoms with Crippen molar-refractivity contribution in [3.63, 3.8) is 0 Å². The lowest BCUT2D eigenvalue weighted by Crippen LogP contribution is -2.38. The summed E-state index contributed by atoms with van der Waals surface area (Å²) in [5, 5.41) is 0.750. The number of aryl methyl sites for hydroxylation is 2. The summed E-state index contributed by atoms with van der Waals surface area (Å²) in [4.78, 5) is 24.2. The standard InChI is InChI=1S/C15H22N4OS/c1-9-10(2)21-15-13(9)14(20)17-12(18-15)8-19-5-3-4-11(6-16)7-19/h11H,3-8,16H2,1-2H3,(H,17,18,20). The van der Waals surface area contributed by atoms with Gasteiger partial charge in [0.05, 0.1) is 11.9 Å². The van der Waals surface area contributed by atoms with Crippen molar-refractivity contribution in [1.29, 1.82) is 0 Å². The average molecular weight is 306 g/mol. The third-order valence-corrected chi connectivity index (χ3v) is 5.50. The van der Waals surface area contributed by atoms with Crippen LogP contribution in [0.2, 0.25) is 0 Å². The van der Waals surface area contributed by atoms with Gasteiger partial charge in [0.15, 0.2) is 0 Å². The van der Waals surface area contributed by atoms with Crippen molar-refractivity contribution in [2.24, 2.45) is 11.7 Å². The summed E-state index contributed by atoms with van der Waals surface area (Å²) in [7, 11) is 0. The Morgan fingerprint density at radius 3 is 3.05 bits per heavy atom. The molecule has 3 N–H and O–H groups in total. The van der Waals surface area contributed by atoms with E-state index < -0.39 is 0 Å². The van der Waals surface area contributed by atoms with Crippen LogP contribution in [0.3, 0.4) is 0 Å². The highest BCUT2D eigenvalue weighted by Crippen LogP contribution is 2.26. The average Bonchev–Trinajstić information content (AvgIpc) is 2.74. The molecule has 0 amide bonds. The molecule has 0 aromatic carbocycles. The highest BCUT2D eigenvalue weighted by atomic mass is 32.1. The van der Waals surface area contributed by atoms with Crippen molar-refractivity contribution in [2.45, 2.75) is 33.2 Å². The quantitative estimate of drug-likeness (QED) is 0.906. The topological polar surface area (TPSA) is 75.0 Å².